The molecule has 3 rings (SSSR count). The van der Waals surface area contributed by atoms with E-state index in [1.165, 1.54) is 6.07 Å². The van der Waals surface area contributed by atoms with Crippen LogP contribution in [0.3, 0.4) is 0 Å². The van der Waals surface area contributed by atoms with Crippen LogP contribution in [-0.4, -0.2) is 17.4 Å². The molecule has 0 radical (unpaired) electrons. The minimum Gasteiger partial charge on any atom is -0.352 e. The Hall–Kier alpha value is -1.90. The van der Waals surface area contributed by atoms with Crippen molar-refractivity contribution in [2.45, 2.75) is 19.5 Å². The summed E-state index contributed by atoms with van der Waals surface area (Å²) in [4.78, 5) is 18.7. The molecule has 0 bridgehead atoms. The van der Waals surface area contributed by atoms with Gasteiger partial charge in [0.25, 0.3) is 5.91 Å². The zero-order valence-corrected chi connectivity index (χ0v) is 16.5. The number of amides is 1. The molecule has 0 aliphatic heterocycles. The van der Waals surface area contributed by atoms with Gasteiger partial charge in [0.15, 0.2) is 0 Å². The molecule has 9 heteroatoms. The van der Waals surface area contributed by atoms with Crippen molar-refractivity contribution in [3.8, 4) is 10.6 Å². The fourth-order valence-corrected chi connectivity index (χ4v) is 4.29. The maximum atomic E-state index is 12.9. The number of hydrogen-bond donors (Lipinski definition) is 1. The number of carbonyl (C=O) groups excluding carboxylic acids is 1. The highest BCUT2D eigenvalue weighted by atomic mass is 35.5. The molecule has 1 amide bonds. The Labute approximate surface area is 166 Å². The minimum absolute atomic E-state index is 0.0726. The summed E-state index contributed by atoms with van der Waals surface area (Å²) in [5.74, 6) is -0.566. The third-order valence-electron chi connectivity index (χ3n) is 3.72. The number of thiazole rings is 1. The molecule has 27 heavy (non-hydrogen) atoms. The van der Waals surface area contributed by atoms with E-state index in [0.29, 0.717) is 13.0 Å². The van der Waals surface area contributed by atoms with E-state index in [0.717, 1.165) is 32.6 Å². The van der Waals surface area contributed by atoms with Crippen molar-refractivity contribution in [2.24, 2.45) is 0 Å². The van der Waals surface area contributed by atoms with Crippen molar-refractivity contribution in [3.63, 3.8) is 0 Å². The van der Waals surface area contributed by atoms with Crippen LogP contribution >= 0.6 is 34.3 Å². The normalized spacial score (nSPS) is 11.6. The Balaban J connectivity index is 1.60. The fourth-order valence-electron chi connectivity index (χ4n) is 2.41. The number of nitrogens with zero attached hydrogens (tertiary/aromatic N) is 1. The third kappa shape index (κ3) is 4.88. The predicted molar refractivity (Wildman–Crippen MR) is 103 cm³/mol. The van der Waals surface area contributed by atoms with E-state index in [9.17, 15) is 18.0 Å². The standard InChI is InChI=1S/C18H14ClF3N2OS2/c1-10-24-15(9-26-10)16-5-3-12(27-16)6-7-23-17(25)11-2-4-14(19)13(8-11)18(20,21)22/h2-5,8-9H,6-7H2,1H3,(H,23,25). The number of alkyl halides is 3. The molecule has 1 aromatic carbocycles. The number of carbonyl (C=O) groups is 1. The van der Waals surface area contributed by atoms with E-state index < -0.39 is 22.7 Å². The second-order valence-corrected chi connectivity index (χ2v) is 8.35. The first-order valence-electron chi connectivity index (χ1n) is 7.90. The van der Waals surface area contributed by atoms with Crippen LogP contribution < -0.4 is 5.32 Å². The van der Waals surface area contributed by atoms with Gasteiger partial charge >= 0.3 is 6.18 Å². The molecule has 2 heterocycles. The Morgan fingerprint density at radius 1 is 1.26 bits per heavy atom. The molecule has 1 N–H and O–H groups in total. The molecule has 0 unspecified atom stereocenters. The summed E-state index contributed by atoms with van der Waals surface area (Å²) in [5.41, 5.74) is -0.159. The summed E-state index contributed by atoms with van der Waals surface area (Å²) in [7, 11) is 0. The Bertz CT molecular complexity index is 966. The lowest BCUT2D eigenvalue weighted by Crippen LogP contribution is -2.26. The van der Waals surface area contributed by atoms with Gasteiger partial charge in [-0.25, -0.2) is 4.98 Å². The van der Waals surface area contributed by atoms with Crippen LogP contribution in [0.4, 0.5) is 13.2 Å². The van der Waals surface area contributed by atoms with E-state index >= 15 is 0 Å². The summed E-state index contributed by atoms with van der Waals surface area (Å²) in [5, 5.41) is 5.20. The van der Waals surface area contributed by atoms with Crippen LogP contribution in [0.1, 0.15) is 25.8 Å². The first-order chi connectivity index (χ1) is 12.7. The first-order valence-corrected chi connectivity index (χ1v) is 9.97. The van der Waals surface area contributed by atoms with E-state index in [1.54, 1.807) is 22.7 Å². The van der Waals surface area contributed by atoms with Gasteiger partial charge in [-0.3, -0.25) is 4.79 Å². The van der Waals surface area contributed by atoms with Gasteiger partial charge in [-0.15, -0.1) is 22.7 Å². The smallest absolute Gasteiger partial charge is 0.352 e. The first kappa shape index (κ1) is 19.9. The molecule has 2 aromatic heterocycles. The molecule has 142 valence electrons. The second kappa shape index (κ2) is 8.00. The summed E-state index contributed by atoms with van der Waals surface area (Å²) >= 11 is 8.73. The van der Waals surface area contributed by atoms with Crippen molar-refractivity contribution >= 4 is 40.2 Å². The molecular weight excluding hydrogens is 417 g/mol. The molecule has 0 saturated heterocycles. The van der Waals surface area contributed by atoms with Crippen LogP contribution in [0.5, 0.6) is 0 Å². The average Bonchev–Trinajstić information content (AvgIpc) is 3.23. The molecule has 3 aromatic rings. The number of aromatic nitrogens is 1. The van der Waals surface area contributed by atoms with Gasteiger partial charge in [0.1, 0.15) is 0 Å². The number of rotatable bonds is 5. The van der Waals surface area contributed by atoms with Gasteiger partial charge in [-0.2, -0.15) is 13.2 Å². The van der Waals surface area contributed by atoms with Gasteiger partial charge in [0.2, 0.25) is 0 Å². The zero-order chi connectivity index (χ0) is 19.6. The number of halogens is 4. The summed E-state index contributed by atoms with van der Waals surface area (Å²) in [6, 6.07) is 7.07. The molecule has 0 spiro atoms. The number of thiophene rings is 1. The lowest BCUT2D eigenvalue weighted by atomic mass is 10.1. The van der Waals surface area contributed by atoms with Crippen molar-refractivity contribution in [1.82, 2.24) is 10.3 Å². The number of hydrogen-bond acceptors (Lipinski definition) is 4. The Morgan fingerprint density at radius 3 is 2.70 bits per heavy atom. The van der Waals surface area contributed by atoms with Crippen LogP contribution in [0.2, 0.25) is 5.02 Å². The number of benzene rings is 1. The summed E-state index contributed by atoms with van der Waals surface area (Å²) in [6.07, 6.45) is -4.02. The largest absolute Gasteiger partial charge is 0.417 e. The van der Waals surface area contributed by atoms with Crippen LogP contribution in [-0.2, 0) is 12.6 Å². The quantitative estimate of drug-likeness (QED) is 0.553. The van der Waals surface area contributed by atoms with E-state index in [4.69, 9.17) is 11.6 Å². The van der Waals surface area contributed by atoms with Gasteiger partial charge in [0, 0.05) is 22.4 Å². The van der Waals surface area contributed by atoms with E-state index in [2.05, 4.69) is 10.3 Å². The molecule has 0 aliphatic carbocycles. The highest BCUT2D eigenvalue weighted by molar-refractivity contribution is 7.16. The van der Waals surface area contributed by atoms with Gasteiger partial charge < -0.3 is 5.32 Å². The van der Waals surface area contributed by atoms with Crippen molar-refractivity contribution < 1.29 is 18.0 Å². The Kier molecular flexibility index (Phi) is 5.88. The highest BCUT2D eigenvalue weighted by Gasteiger charge is 2.33. The molecule has 0 fully saturated rings. The number of aryl methyl sites for hydroxylation is 1. The van der Waals surface area contributed by atoms with Crippen molar-refractivity contribution in [2.75, 3.05) is 6.54 Å². The zero-order valence-electron chi connectivity index (χ0n) is 14.1. The highest BCUT2D eigenvalue weighted by Crippen LogP contribution is 2.35. The topological polar surface area (TPSA) is 42.0 Å². The van der Waals surface area contributed by atoms with Gasteiger partial charge in [0.05, 0.1) is 26.2 Å². The molecular formula is C18H14ClF3N2OS2. The summed E-state index contributed by atoms with van der Waals surface area (Å²) in [6.45, 7) is 2.26. The SMILES string of the molecule is Cc1nc(-c2ccc(CCNC(=O)c3ccc(Cl)c(C(F)(F)F)c3)s2)cs1. The molecule has 0 atom stereocenters. The van der Waals surface area contributed by atoms with Crippen LogP contribution in [0.15, 0.2) is 35.7 Å². The van der Waals surface area contributed by atoms with Crippen molar-refractivity contribution in [1.29, 1.82) is 0 Å². The maximum absolute atomic E-state index is 12.9. The predicted octanol–water partition coefficient (Wildman–Crippen LogP) is 5.82. The monoisotopic (exact) mass is 430 g/mol. The van der Waals surface area contributed by atoms with E-state index in [1.807, 2.05) is 24.4 Å². The van der Waals surface area contributed by atoms with Crippen molar-refractivity contribution in [3.05, 3.63) is 61.7 Å². The minimum atomic E-state index is -4.60. The van der Waals surface area contributed by atoms with Crippen LogP contribution in [0, 0.1) is 6.92 Å². The second-order valence-electron chi connectivity index (χ2n) is 5.72. The maximum Gasteiger partial charge on any atom is 0.417 e. The third-order valence-corrected chi connectivity index (χ3v) is 5.99. The molecule has 3 nitrogen and oxygen atoms in total. The van der Waals surface area contributed by atoms with Gasteiger partial charge in [-0.05, 0) is 43.7 Å². The van der Waals surface area contributed by atoms with Crippen LogP contribution in [0.25, 0.3) is 10.6 Å². The molecule has 0 saturated carbocycles. The lowest BCUT2D eigenvalue weighted by Gasteiger charge is -2.11. The molecule has 0 aliphatic rings. The lowest BCUT2D eigenvalue weighted by molar-refractivity contribution is -0.137. The average molecular weight is 431 g/mol. The van der Waals surface area contributed by atoms with E-state index in [-0.39, 0.29) is 5.56 Å². The van der Waals surface area contributed by atoms with Gasteiger partial charge in [-0.1, -0.05) is 11.6 Å². The number of nitrogens with one attached hydrogen (secondary N) is 1. The fraction of sp³-hybridized carbons (Fsp3) is 0.222. The Morgan fingerprint density at radius 2 is 2.04 bits per heavy atom. The summed E-state index contributed by atoms with van der Waals surface area (Å²) < 4.78 is 38.7.